The van der Waals surface area contributed by atoms with E-state index in [1.165, 1.54) is 4.88 Å². The lowest BCUT2D eigenvalue weighted by Gasteiger charge is -2.04. The average Bonchev–Trinajstić information content (AvgIpc) is 2.57. The summed E-state index contributed by atoms with van der Waals surface area (Å²) in [6.07, 6.45) is 0. The minimum absolute atomic E-state index is 0.659. The molecule has 0 aliphatic carbocycles. The number of thiophene rings is 1. The molecule has 1 N–H and O–H groups in total. The third kappa shape index (κ3) is 6.10. The molecule has 0 amide bonds. The third-order valence-corrected chi connectivity index (χ3v) is 3.39. The Balaban J connectivity index is 2.00. The van der Waals surface area contributed by atoms with Gasteiger partial charge in [0.25, 0.3) is 0 Å². The molecule has 1 aromatic heterocycles. The van der Waals surface area contributed by atoms with E-state index in [1.807, 2.05) is 6.92 Å². The Morgan fingerprint density at radius 1 is 1.67 bits per heavy atom. The van der Waals surface area contributed by atoms with Crippen molar-refractivity contribution in [3.63, 3.8) is 0 Å². The second-order valence-electron chi connectivity index (χ2n) is 3.42. The van der Waals surface area contributed by atoms with Crippen molar-refractivity contribution in [1.82, 2.24) is 5.32 Å². The molecule has 0 saturated heterocycles. The molecule has 0 bridgehead atoms. The molecule has 0 fully saturated rings. The van der Waals surface area contributed by atoms with Crippen LogP contribution in [0, 0.1) is 0 Å². The summed E-state index contributed by atoms with van der Waals surface area (Å²) in [6, 6.07) is 2.13. The van der Waals surface area contributed by atoms with Crippen LogP contribution < -0.4 is 5.32 Å². The van der Waals surface area contributed by atoms with E-state index >= 15 is 0 Å². The van der Waals surface area contributed by atoms with E-state index in [2.05, 4.69) is 39.3 Å². The van der Waals surface area contributed by atoms with Gasteiger partial charge in [0, 0.05) is 27.8 Å². The van der Waals surface area contributed by atoms with E-state index in [0.29, 0.717) is 6.61 Å². The normalized spacial score (nSPS) is 10.5. The lowest BCUT2D eigenvalue weighted by atomic mass is 10.4. The Morgan fingerprint density at radius 3 is 3.07 bits per heavy atom. The predicted molar refractivity (Wildman–Crippen MR) is 69.4 cm³/mol. The van der Waals surface area contributed by atoms with Crippen LogP contribution in [0.5, 0.6) is 0 Å². The monoisotopic (exact) mass is 289 g/mol. The number of nitrogens with one attached hydrogen (secondary N) is 1. The molecule has 0 spiro atoms. The Labute approximate surface area is 103 Å². The van der Waals surface area contributed by atoms with Gasteiger partial charge >= 0.3 is 0 Å². The van der Waals surface area contributed by atoms with Crippen LogP contribution in [-0.4, -0.2) is 19.8 Å². The van der Waals surface area contributed by atoms with Crippen LogP contribution in [0.4, 0.5) is 0 Å². The molecule has 0 radical (unpaired) electrons. The Kier molecular flexibility index (Phi) is 6.17. The van der Waals surface area contributed by atoms with Crippen LogP contribution in [0.15, 0.2) is 28.1 Å². The first kappa shape index (κ1) is 12.9. The summed E-state index contributed by atoms with van der Waals surface area (Å²) in [6.45, 7) is 8.92. The zero-order chi connectivity index (χ0) is 11.1. The van der Waals surface area contributed by atoms with Crippen LogP contribution in [-0.2, 0) is 11.3 Å². The molecule has 1 heterocycles. The summed E-state index contributed by atoms with van der Waals surface area (Å²) in [5, 5.41) is 5.42. The molecule has 0 aliphatic rings. The van der Waals surface area contributed by atoms with Crippen molar-refractivity contribution >= 4 is 27.3 Å². The van der Waals surface area contributed by atoms with Gasteiger partial charge in [-0.1, -0.05) is 12.2 Å². The molecular formula is C11H16BrNOS. The summed E-state index contributed by atoms with van der Waals surface area (Å²) in [5.74, 6) is 0. The van der Waals surface area contributed by atoms with Crippen molar-refractivity contribution in [3.8, 4) is 0 Å². The van der Waals surface area contributed by atoms with Crippen molar-refractivity contribution in [2.45, 2.75) is 13.5 Å². The first-order valence-electron chi connectivity index (χ1n) is 4.84. The van der Waals surface area contributed by atoms with Crippen LogP contribution >= 0.6 is 27.3 Å². The van der Waals surface area contributed by atoms with Crippen molar-refractivity contribution in [2.24, 2.45) is 0 Å². The molecule has 0 saturated carbocycles. The van der Waals surface area contributed by atoms with E-state index in [-0.39, 0.29) is 0 Å². The van der Waals surface area contributed by atoms with Crippen LogP contribution in [0.25, 0.3) is 0 Å². The Morgan fingerprint density at radius 2 is 2.47 bits per heavy atom. The summed E-state index contributed by atoms with van der Waals surface area (Å²) in [4.78, 5) is 1.33. The highest BCUT2D eigenvalue weighted by Crippen LogP contribution is 2.19. The number of halogens is 1. The van der Waals surface area contributed by atoms with Gasteiger partial charge in [-0.2, -0.15) is 0 Å². The van der Waals surface area contributed by atoms with Gasteiger partial charge in [-0.25, -0.2) is 0 Å². The lowest BCUT2D eigenvalue weighted by molar-refractivity contribution is 0.158. The quantitative estimate of drug-likeness (QED) is 0.615. The van der Waals surface area contributed by atoms with Gasteiger partial charge in [0.2, 0.25) is 0 Å². The molecule has 0 aromatic carbocycles. The molecule has 15 heavy (non-hydrogen) atoms. The highest BCUT2D eigenvalue weighted by molar-refractivity contribution is 9.10. The SMILES string of the molecule is C=C(C)COCCNCc1cc(Br)cs1. The fraction of sp³-hybridized carbons (Fsp3) is 0.455. The fourth-order valence-electron chi connectivity index (χ4n) is 1.05. The van der Waals surface area contributed by atoms with Crippen molar-refractivity contribution in [3.05, 3.63) is 32.9 Å². The second-order valence-corrected chi connectivity index (χ2v) is 5.33. The number of ether oxygens (including phenoxy) is 1. The third-order valence-electron chi connectivity index (χ3n) is 1.69. The molecule has 0 atom stereocenters. The lowest BCUT2D eigenvalue weighted by Crippen LogP contribution is -2.19. The molecule has 1 aromatic rings. The summed E-state index contributed by atoms with van der Waals surface area (Å²) >= 11 is 5.18. The standard InChI is InChI=1S/C11H16BrNOS/c1-9(2)7-14-4-3-13-6-11-5-10(12)8-15-11/h5,8,13H,1,3-4,6-7H2,2H3. The van der Waals surface area contributed by atoms with Crippen LogP contribution in [0.1, 0.15) is 11.8 Å². The number of rotatable bonds is 7. The van der Waals surface area contributed by atoms with E-state index < -0.39 is 0 Å². The molecule has 84 valence electrons. The van der Waals surface area contributed by atoms with E-state index in [0.717, 1.165) is 29.7 Å². The first-order valence-corrected chi connectivity index (χ1v) is 6.51. The van der Waals surface area contributed by atoms with Crippen LogP contribution in [0.2, 0.25) is 0 Å². The minimum Gasteiger partial charge on any atom is -0.376 e. The second kappa shape index (κ2) is 7.17. The topological polar surface area (TPSA) is 21.3 Å². The maximum Gasteiger partial charge on any atom is 0.0672 e. The smallest absolute Gasteiger partial charge is 0.0672 e. The van der Waals surface area contributed by atoms with Crippen molar-refractivity contribution < 1.29 is 4.74 Å². The average molecular weight is 290 g/mol. The molecule has 2 nitrogen and oxygen atoms in total. The van der Waals surface area contributed by atoms with Gasteiger partial charge < -0.3 is 10.1 Å². The molecule has 0 aliphatic heterocycles. The zero-order valence-electron chi connectivity index (χ0n) is 8.88. The molecule has 0 unspecified atom stereocenters. The van der Waals surface area contributed by atoms with Gasteiger partial charge in [0.15, 0.2) is 0 Å². The van der Waals surface area contributed by atoms with Gasteiger partial charge in [-0.3, -0.25) is 0 Å². The molecule has 4 heteroatoms. The summed E-state index contributed by atoms with van der Waals surface area (Å²) in [5.41, 5.74) is 1.07. The van der Waals surface area contributed by atoms with E-state index in [1.54, 1.807) is 11.3 Å². The maximum absolute atomic E-state index is 5.37. The predicted octanol–water partition coefficient (Wildman–Crippen LogP) is 3.19. The van der Waals surface area contributed by atoms with Gasteiger partial charge in [-0.05, 0) is 28.9 Å². The van der Waals surface area contributed by atoms with Gasteiger partial charge in [-0.15, -0.1) is 11.3 Å². The maximum atomic E-state index is 5.37. The summed E-state index contributed by atoms with van der Waals surface area (Å²) < 4.78 is 6.53. The largest absolute Gasteiger partial charge is 0.376 e. The number of hydrogen-bond acceptors (Lipinski definition) is 3. The Bertz CT molecular complexity index is 311. The minimum atomic E-state index is 0.659. The van der Waals surface area contributed by atoms with Crippen molar-refractivity contribution in [2.75, 3.05) is 19.8 Å². The van der Waals surface area contributed by atoms with E-state index in [4.69, 9.17) is 4.74 Å². The van der Waals surface area contributed by atoms with Crippen molar-refractivity contribution in [1.29, 1.82) is 0 Å². The first-order chi connectivity index (χ1) is 7.18. The van der Waals surface area contributed by atoms with E-state index in [9.17, 15) is 0 Å². The highest BCUT2D eigenvalue weighted by atomic mass is 79.9. The van der Waals surface area contributed by atoms with Gasteiger partial charge in [0.1, 0.15) is 0 Å². The number of hydrogen-bond donors (Lipinski definition) is 1. The van der Waals surface area contributed by atoms with Gasteiger partial charge in [0.05, 0.1) is 13.2 Å². The van der Waals surface area contributed by atoms with Crippen LogP contribution in [0.3, 0.4) is 0 Å². The Hall–Kier alpha value is -0.160. The zero-order valence-corrected chi connectivity index (χ0v) is 11.3. The molecule has 1 rings (SSSR count). The highest BCUT2D eigenvalue weighted by Gasteiger charge is 1.96. The molecular weight excluding hydrogens is 274 g/mol. The summed E-state index contributed by atoms with van der Waals surface area (Å²) in [7, 11) is 0. The fourth-order valence-corrected chi connectivity index (χ4v) is 2.47.